The highest BCUT2D eigenvalue weighted by Crippen LogP contribution is 2.36. The average Bonchev–Trinajstić information content (AvgIpc) is 3.39. The highest BCUT2D eigenvalue weighted by molar-refractivity contribution is 6.32. The molecule has 3 nitrogen and oxygen atoms in total. The maximum absolute atomic E-state index is 13.0. The Kier molecular flexibility index (Phi) is 8.10. The fraction of sp³-hybridized carbons (Fsp3) is 0.632. The van der Waals surface area contributed by atoms with Gasteiger partial charge < -0.3 is 9.64 Å². The summed E-state index contributed by atoms with van der Waals surface area (Å²) in [6.07, 6.45) is -1.07. The number of ether oxygens (including phenoxy) is 1. The molecule has 152 valence electrons. The van der Waals surface area contributed by atoms with E-state index < -0.39 is 12.7 Å². The number of benzene rings is 1. The van der Waals surface area contributed by atoms with E-state index in [4.69, 9.17) is 33.3 Å². The zero-order chi connectivity index (χ0) is 20.0. The summed E-state index contributed by atoms with van der Waals surface area (Å²) in [6.45, 7) is 1.54. The maximum Gasteiger partial charge on any atom is 0.405 e. The van der Waals surface area contributed by atoms with Gasteiger partial charge in [0, 0.05) is 23.1 Å². The van der Waals surface area contributed by atoms with Gasteiger partial charge in [-0.2, -0.15) is 13.2 Å². The fourth-order valence-corrected chi connectivity index (χ4v) is 3.51. The van der Waals surface area contributed by atoms with E-state index in [1.54, 1.807) is 25.1 Å². The van der Waals surface area contributed by atoms with Crippen LogP contribution in [0.15, 0.2) is 18.2 Å². The van der Waals surface area contributed by atoms with Gasteiger partial charge in [0.1, 0.15) is 6.54 Å². The number of rotatable bonds is 10. The maximum atomic E-state index is 13.0. The molecule has 1 aromatic carbocycles. The minimum absolute atomic E-state index is 0.0994. The summed E-state index contributed by atoms with van der Waals surface area (Å²) in [5.74, 6) is 0.507. The molecular formula is C19H25Cl2F3N2O. The molecule has 0 spiro atoms. The summed E-state index contributed by atoms with van der Waals surface area (Å²) >= 11 is 12.2. The number of hydrogen-bond acceptors (Lipinski definition) is 3. The SMILES string of the molecule is CCOC(=N)C(CCCCl)c1ccc(N(CC2CC2)CC(F)(F)F)cc1Cl. The molecule has 0 heterocycles. The van der Waals surface area contributed by atoms with Gasteiger partial charge in [-0.15, -0.1) is 11.6 Å². The van der Waals surface area contributed by atoms with Crippen LogP contribution in [0.5, 0.6) is 0 Å². The van der Waals surface area contributed by atoms with Crippen LogP contribution in [0.25, 0.3) is 0 Å². The second kappa shape index (κ2) is 9.87. The Morgan fingerprint density at radius 3 is 2.59 bits per heavy atom. The van der Waals surface area contributed by atoms with Gasteiger partial charge in [-0.25, -0.2) is 0 Å². The number of alkyl halides is 4. The van der Waals surface area contributed by atoms with E-state index in [0.29, 0.717) is 54.1 Å². The lowest BCUT2D eigenvalue weighted by atomic mass is 9.93. The van der Waals surface area contributed by atoms with Crippen molar-refractivity contribution in [3.63, 3.8) is 0 Å². The molecule has 1 aliphatic rings. The summed E-state index contributed by atoms with van der Waals surface area (Å²) in [5.41, 5.74) is 1.13. The van der Waals surface area contributed by atoms with Gasteiger partial charge >= 0.3 is 6.18 Å². The molecule has 1 saturated carbocycles. The van der Waals surface area contributed by atoms with Crippen molar-refractivity contribution in [3.05, 3.63) is 28.8 Å². The van der Waals surface area contributed by atoms with Crippen LogP contribution in [0.4, 0.5) is 18.9 Å². The normalized spacial score (nSPS) is 15.5. The van der Waals surface area contributed by atoms with Crippen molar-refractivity contribution in [1.82, 2.24) is 0 Å². The standard InChI is InChI=1S/C19H25Cl2F3N2O/c1-2-27-18(25)16(4-3-9-20)15-8-7-14(10-17(15)21)26(11-13-5-6-13)12-19(22,23)24/h7-8,10,13,16,25H,2-6,9,11-12H2,1H3. The van der Waals surface area contributed by atoms with Crippen LogP contribution in [0.3, 0.4) is 0 Å². The van der Waals surface area contributed by atoms with E-state index in [1.165, 1.54) is 4.90 Å². The molecule has 0 saturated heterocycles. The smallest absolute Gasteiger partial charge is 0.405 e. The topological polar surface area (TPSA) is 36.3 Å². The van der Waals surface area contributed by atoms with Gasteiger partial charge in [-0.05, 0) is 56.2 Å². The monoisotopic (exact) mass is 424 g/mol. The molecule has 2 rings (SSSR count). The molecule has 27 heavy (non-hydrogen) atoms. The average molecular weight is 425 g/mol. The molecule has 0 amide bonds. The predicted molar refractivity (Wildman–Crippen MR) is 104 cm³/mol. The second-order valence-electron chi connectivity index (χ2n) is 6.83. The van der Waals surface area contributed by atoms with E-state index in [1.807, 2.05) is 0 Å². The third-order valence-corrected chi connectivity index (χ3v) is 5.11. The van der Waals surface area contributed by atoms with E-state index >= 15 is 0 Å². The van der Waals surface area contributed by atoms with Crippen LogP contribution in [-0.4, -0.2) is 37.7 Å². The summed E-state index contributed by atoms with van der Waals surface area (Å²) < 4.78 is 44.2. The van der Waals surface area contributed by atoms with Gasteiger partial charge in [-0.1, -0.05) is 17.7 Å². The van der Waals surface area contributed by atoms with Crippen molar-refractivity contribution < 1.29 is 17.9 Å². The highest BCUT2D eigenvalue weighted by Gasteiger charge is 2.34. The summed E-state index contributed by atoms with van der Waals surface area (Å²) in [4.78, 5) is 1.34. The van der Waals surface area contributed by atoms with Crippen molar-refractivity contribution in [2.75, 3.05) is 30.5 Å². The Morgan fingerprint density at radius 1 is 1.37 bits per heavy atom. The minimum atomic E-state index is -4.28. The molecule has 0 radical (unpaired) electrons. The van der Waals surface area contributed by atoms with Crippen LogP contribution in [-0.2, 0) is 4.74 Å². The van der Waals surface area contributed by atoms with E-state index in [0.717, 1.165) is 12.8 Å². The first-order valence-corrected chi connectivity index (χ1v) is 10.0. The molecule has 8 heteroatoms. The molecule has 0 aromatic heterocycles. The van der Waals surface area contributed by atoms with Crippen LogP contribution in [0.2, 0.25) is 5.02 Å². The first-order valence-electron chi connectivity index (χ1n) is 9.13. The number of anilines is 1. The summed E-state index contributed by atoms with van der Waals surface area (Å²) in [5, 5.41) is 8.48. The van der Waals surface area contributed by atoms with Gasteiger partial charge in [0.15, 0.2) is 5.90 Å². The van der Waals surface area contributed by atoms with Gasteiger partial charge in [0.05, 0.1) is 12.5 Å². The van der Waals surface area contributed by atoms with Gasteiger partial charge in [0.2, 0.25) is 0 Å². The third-order valence-electron chi connectivity index (χ3n) is 4.51. The number of halogens is 5. The zero-order valence-electron chi connectivity index (χ0n) is 15.3. The third kappa shape index (κ3) is 7.07. The molecule has 1 fully saturated rings. The largest absolute Gasteiger partial charge is 0.481 e. The van der Waals surface area contributed by atoms with Crippen LogP contribution >= 0.6 is 23.2 Å². The summed E-state index contributed by atoms with van der Waals surface area (Å²) in [6, 6.07) is 4.93. The molecule has 1 aliphatic carbocycles. The van der Waals surface area contributed by atoms with Crippen molar-refractivity contribution in [1.29, 1.82) is 5.41 Å². The summed E-state index contributed by atoms with van der Waals surface area (Å²) in [7, 11) is 0. The second-order valence-corrected chi connectivity index (χ2v) is 7.61. The first-order chi connectivity index (χ1) is 12.7. The van der Waals surface area contributed by atoms with Gasteiger partial charge in [0.25, 0.3) is 0 Å². The van der Waals surface area contributed by atoms with Crippen LogP contribution in [0.1, 0.15) is 44.1 Å². The number of nitrogens with zero attached hydrogens (tertiary/aromatic N) is 1. The van der Waals surface area contributed by atoms with Crippen molar-refractivity contribution >= 4 is 34.8 Å². The lowest BCUT2D eigenvalue weighted by molar-refractivity contribution is -0.119. The molecule has 1 aromatic rings. The van der Waals surface area contributed by atoms with E-state index in [2.05, 4.69) is 0 Å². The Balaban J connectivity index is 2.25. The Morgan fingerprint density at radius 2 is 2.07 bits per heavy atom. The van der Waals surface area contributed by atoms with Crippen molar-refractivity contribution in [3.8, 4) is 0 Å². The lowest BCUT2D eigenvalue weighted by Gasteiger charge is -2.27. The lowest BCUT2D eigenvalue weighted by Crippen LogP contribution is -2.35. The highest BCUT2D eigenvalue weighted by atomic mass is 35.5. The number of hydrogen-bond donors (Lipinski definition) is 1. The molecule has 0 aliphatic heterocycles. The molecule has 1 N–H and O–H groups in total. The van der Waals surface area contributed by atoms with E-state index in [-0.39, 0.29) is 11.8 Å². The zero-order valence-corrected chi connectivity index (χ0v) is 16.8. The molecule has 1 atom stereocenters. The molecular weight excluding hydrogens is 400 g/mol. The van der Waals surface area contributed by atoms with Crippen LogP contribution in [0, 0.1) is 11.3 Å². The van der Waals surface area contributed by atoms with Gasteiger partial charge in [-0.3, -0.25) is 5.41 Å². The fourth-order valence-electron chi connectivity index (χ4n) is 3.05. The Bertz CT molecular complexity index is 636. The number of nitrogens with one attached hydrogen (secondary N) is 1. The quantitative estimate of drug-likeness (QED) is 0.274. The predicted octanol–water partition coefficient (Wildman–Crippen LogP) is 6.24. The first kappa shape index (κ1) is 22.2. The van der Waals surface area contributed by atoms with Crippen molar-refractivity contribution in [2.24, 2.45) is 5.92 Å². The molecule has 1 unspecified atom stereocenters. The molecule has 0 bridgehead atoms. The minimum Gasteiger partial charge on any atom is -0.481 e. The Hall–Kier alpha value is -1.14. The van der Waals surface area contributed by atoms with Crippen molar-refractivity contribution in [2.45, 2.75) is 44.7 Å². The Labute approximate surface area is 168 Å². The van der Waals surface area contributed by atoms with Crippen LogP contribution < -0.4 is 4.90 Å². The van der Waals surface area contributed by atoms with E-state index in [9.17, 15) is 13.2 Å².